The standard InChI is InChI=1S/C25H30N4O4S2/c1-25(2,3)35(32,33)27-24(31)18-4-6-21(7-5-18)29-10-8-28(9-11-29)16-23-13-20(17-34-23)19-12-22(30)15-26-14-19/h4-7,12-15,17,30H,8-11,16H2,1-3H3,(H,27,31). The van der Waals surface area contributed by atoms with Crippen LogP contribution in [0.25, 0.3) is 11.1 Å². The zero-order chi connectivity index (χ0) is 25.2. The summed E-state index contributed by atoms with van der Waals surface area (Å²) in [5, 5.41) is 11.8. The molecule has 3 aromatic rings. The van der Waals surface area contributed by atoms with Gasteiger partial charge in [-0.3, -0.25) is 14.7 Å². The molecule has 0 aliphatic carbocycles. The van der Waals surface area contributed by atoms with Crippen molar-refractivity contribution in [3.63, 3.8) is 0 Å². The molecule has 3 heterocycles. The molecule has 10 heteroatoms. The smallest absolute Gasteiger partial charge is 0.264 e. The highest BCUT2D eigenvalue weighted by Gasteiger charge is 2.31. The average molecular weight is 515 g/mol. The van der Waals surface area contributed by atoms with Crippen LogP contribution in [0.5, 0.6) is 5.75 Å². The van der Waals surface area contributed by atoms with Crippen molar-refractivity contribution in [1.29, 1.82) is 0 Å². The monoisotopic (exact) mass is 514 g/mol. The lowest BCUT2D eigenvalue weighted by Crippen LogP contribution is -2.45. The molecule has 8 nitrogen and oxygen atoms in total. The second-order valence-corrected chi connectivity index (χ2v) is 13.0. The third kappa shape index (κ3) is 6.01. The van der Waals surface area contributed by atoms with Crippen LogP contribution in [0.4, 0.5) is 5.69 Å². The van der Waals surface area contributed by atoms with Crippen LogP contribution in [-0.4, -0.2) is 60.2 Å². The summed E-state index contributed by atoms with van der Waals surface area (Å²) in [6.45, 7) is 9.06. The van der Waals surface area contributed by atoms with E-state index in [1.165, 1.54) is 11.1 Å². The number of nitrogens with zero attached hydrogens (tertiary/aromatic N) is 3. The first-order chi connectivity index (χ1) is 16.5. The number of hydrogen-bond acceptors (Lipinski definition) is 8. The van der Waals surface area contributed by atoms with Gasteiger partial charge < -0.3 is 10.0 Å². The number of pyridine rings is 1. The van der Waals surface area contributed by atoms with Crippen molar-refractivity contribution in [3.05, 3.63) is 64.6 Å². The fourth-order valence-electron chi connectivity index (χ4n) is 3.74. The van der Waals surface area contributed by atoms with E-state index in [1.54, 1.807) is 56.5 Å². The Bertz CT molecular complexity index is 1290. The lowest BCUT2D eigenvalue weighted by Gasteiger charge is -2.36. The number of aromatic nitrogens is 1. The van der Waals surface area contributed by atoms with Gasteiger partial charge in [0.2, 0.25) is 10.0 Å². The maximum atomic E-state index is 12.4. The van der Waals surface area contributed by atoms with Crippen LogP contribution in [0.15, 0.2) is 54.2 Å². The molecule has 0 spiro atoms. The first-order valence-electron chi connectivity index (χ1n) is 11.4. The van der Waals surface area contributed by atoms with Gasteiger partial charge in [-0.15, -0.1) is 11.3 Å². The first-order valence-corrected chi connectivity index (χ1v) is 13.7. The summed E-state index contributed by atoms with van der Waals surface area (Å²) in [7, 11) is -3.75. The van der Waals surface area contributed by atoms with Gasteiger partial charge in [0.1, 0.15) is 5.75 Å². The van der Waals surface area contributed by atoms with Crippen LogP contribution in [0.1, 0.15) is 36.0 Å². The van der Waals surface area contributed by atoms with E-state index in [0.29, 0.717) is 5.56 Å². The second-order valence-electron chi connectivity index (χ2n) is 9.59. The van der Waals surface area contributed by atoms with Gasteiger partial charge in [0.05, 0.1) is 10.9 Å². The highest BCUT2D eigenvalue weighted by atomic mass is 32.2. The van der Waals surface area contributed by atoms with E-state index in [0.717, 1.165) is 49.5 Å². The largest absolute Gasteiger partial charge is 0.506 e. The van der Waals surface area contributed by atoms with E-state index in [2.05, 4.69) is 31.0 Å². The van der Waals surface area contributed by atoms with Gasteiger partial charge in [0, 0.05) is 60.6 Å². The SMILES string of the molecule is CC(C)(C)S(=O)(=O)NC(=O)c1ccc(N2CCN(Cc3cc(-c4cncc(O)c4)cs3)CC2)cc1. The Morgan fingerprint density at radius 1 is 1.06 bits per heavy atom. The number of thiophene rings is 1. The Balaban J connectivity index is 1.31. The maximum absolute atomic E-state index is 12.4. The van der Waals surface area contributed by atoms with Crippen molar-refractivity contribution in [3.8, 4) is 16.9 Å². The topological polar surface area (TPSA) is 103 Å². The van der Waals surface area contributed by atoms with Crippen molar-refractivity contribution in [1.82, 2.24) is 14.6 Å². The molecule has 2 aromatic heterocycles. The molecule has 2 N–H and O–H groups in total. The summed E-state index contributed by atoms with van der Waals surface area (Å²) in [5.74, 6) is -0.455. The molecule has 1 amide bonds. The normalized spacial score (nSPS) is 15.2. The molecule has 0 atom stereocenters. The Kier molecular flexibility index (Phi) is 7.16. The summed E-state index contributed by atoms with van der Waals surface area (Å²) in [6, 6.07) is 10.9. The molecule has 1 saturated heterocycles. The number of benzene rings is 1. The van der Waals surface area contributed by atoms with E-state index >= 15 is 0 Å². The zero-order valence-electron chi connectivity index (χ0n) is 20.1. The van der Waals surface area contributed by atoms with Crippen LogP contribution in [-0.2, 0) is 16.6 Å². The molecule has 1 fully saturated rings. The van der Waals surface area contributed by atoms with E-state index in [-0.39, 0.29) is 5.75 Å². The minimum absolute atomic E-state index is 0.162. The quantitative estimate of drug-likeness (QED) is 0.517. The van der Waals surface area contributed by atoms with E-state index < -0.39 is 20.7 Å². The summed E-state index contributed by atoms with van der Waals surface area (Å²) >= 11 is 1.71. The highest BCUT2D eigenvalue weighted by molar-refractivity contribution is 7.91. The molecule has 0 unspecified atom stereocenters. The number of piperazine rings is 1. The van der Waals surface area contributed by atoms with Crippen LogP contribution in [0.2, 0.25) is 0 Å². The minimum atomic E-state index is -3.75. The highest BCUT2D eigenvalue weighted by Crippen LogP contribution is 2.28. The van der Waals surface area contributed by atoms with Crippen molar-refractivity contribution in [2.45, 2.75) is 32.1 Å². The van der Waals surface area contributed by atoms with Crippen molar-refractivity contribution < 1.29 is 18.3 Å². The van der Waals surface area contributed by atoms with Gasteiger partial charge in [-0.25, -0.2) is 13.1 Å². The third-order valence-corrected chi connectivity index (χ3v) is 8.98. The lowest BCUT2D eigenvalue weighted by molar-refractivity contribution is 0.0980. The van der Waals surface area contributed by atoms with E-state index in [9.17, 15) is 18.3 Å². The molecule has 1 aromatic carbocycles. The van der Waals surface area contributed by atoms with Crippen LogP contribution < -0.4 is 9.62 Å². The molecule has 0 radical (unpaired) electrons. The van der Waals surface area contributed by atoms with Gasteiger partial charge in [-0.2, -0.15) is 0 Å². The number of sulfonamides is 1. The van der Waals surface area contributed by atoms with Crippen molar-refractivity contribution in [2.75, 3.05) is 31.1 Å². The summed E-state index contributed by atoms with van der Waals surface area (Å²) in [5.41, 5.74) is 3.29. The van der Waals surface area contributed by atoms with Gasteiger partial charge in [-0.1, -0.05) is 0 Å². The number of amides is 1. The number of aromatic hydroxyl groups is 1. The van der Waals surface area contributed by atoms with Crippen LogP contribution in [0.3, 0.4) is 0 Å². The summed E-state index contributed by atoms with van der Waals surface area (Å²) in [4.78, 5) is 22.4. The molecule has 1 aliphatic heterocycles. The van der Waals surface area contributed by atoms with Gasteiger partial charge in [-0.05, 0) is 68.1 Å². The summed E-state index contributed by atoms with van der Waals surface area (Å²) in [6.07, 6.45) is 3.18. The second kappa shape index (κ2) is 9.96. The lowest BCUT2D eigenvalue weighted by atomic mass is 10.1. The number of anilines is 1. The zero-order valence-corrected chi connectivity index (χ0v) is 21.7. The molecule has 0 bridgehead atoms. The van der Waals surface area contributed by atoms with Crippen molar-refractivity contribution >= 4 is 33.0 Å². The summed E-state index contributed by atoms with van der Waals surface area (Å²) < 4.78 is 25.6. The Hall–Kier alpha value is -2.95. The predicted molar refractivity (Wildman–Crippen MR) is 139 cm³/mol. The van der Waals surface area contributed by atoms with E-state index in [1.807, 2.05) is 12.1 Å². The number of hydrogen-bond donors (Lipinski definition) is 2. The Morgan fingerprint density at radius 3 is 2.37 bits per heavy atom. The number of nitrogens with one attached hydrogen (secondary N) is 1. The molecular weight excluding hydrogens is 484 g/mol. The number of carbonyl (C=O) groups excluding carboxylic acids is 1. The van der Waals surface area contributed by atoms with Gasteiger partial charge in [0.25, 0.3) is 5.91 Å². The van der Waals surface area contributed by atoms with Crippen molar-refractivity contribution in [2.24, 2.45) is 0 Å². The van der Waals surface area contributed by atoms with Gasteiger partial charge >= 0.3 is 0 Å². The molecule has 0 saturated carbocycles. The number of rotatable bonds is 6. The van der Waals surface area contributed by atoms with Gasteiger partial charge in [0.15, 0.2) is 0 Å². The molecule has 4 rings (SSSR count). The van der Waals surface area contributed by atoms with Crippen LogP contribution >= 0.6 is 11.3 Å². The first kappa shape index (κ1) is 25.2. The molecule has 186 valence electrons. The number of carbonyl (C=O) groups is 1. The van der Waals surface area contributed by atoms with E-state index in [4.69, 9.17) is 0 Å². The molecule has 1 aliphatic rings. The fourth-order valence-corrected chi connectivity index (χ4v) is 5.35. The Labute approximate surface area is 210 Å². The minimum Gasteiger partial charge on any atom is -0.506 e. The predicted octanol–water partition coefficient (Wildman–Crippen LogP) is 3.70. The molecule has 35 heavy (non-hydrogen) atoms. The fraction of sp³-hybridized carbons (Fsp3) is 0.360. The molecular formula is C25H30N4O4S2. The third-order valence-electron chi connectivity index (χ3n) is 5.99. The van der Waals surface area contributed by atoms with Crippen LogP contribution in [0, 0.1) is 0 Å². The maximum Gasteiger partial charge on any atom is 0.264 e. The average Bonchev–Trinajstić information content (AvgIpc) is 3.27. The Morgan fingerprint density at radius 2 is 1.74 bits per heavy atom.